The van der Waals surface area contributed by atoms with E-state index >= 15 is 0 Å². The summed E-state index contributed by atoms with van der Waals surface area (Å²) in [5, 5.41) is 14.6. The maximum absolute atomic E-state index is 11.5. The topological polar surface area (TPSA) is 64.9 Å². The standard InChI is InChI=1S/C11H21N3O/c1-4-10(6-7-12)14-11(15)8-9(3)13-5-2/h9-10,13H,4-6,8H2,1-3H3,(H,14,15). The molecule has 0 aromatic carbocycles. The molecule has 0 bridgehead atoms. The van der Waals surface area contributed by atoms with E-state index in [0.717, 1.165) is 13.0 Å². The van der Waals surface area contributed by atoms with Gasteiger partial charge < -0.3 is 10.6 Å². The van der Waals surface area contributed by atoms with E-state index in [1.807, 2.05) is 20.8 Å². The second-order valence-electron chi connectivity index (χ2n) is 3.70. The van der Waals surface area contributed by atoms with E-state index in [9.17, 15) is 4.79 Å². The van der Waals surface area contributed by atoms with Crippen LogP contribution >= 0.6 is 0 Å². The summed E-state index contributed by atoms with van der Waals surface area (Å²) < 4.78 is 0. The minimum absolute atomic E-state index is 0.00340. The molecule has 0 aromatic heterocycles. The van der Waals surface area contributed by atoms with Crippen LogP contribution in [-0.2, 0) is 4.79 Å². The molecule has 0 fully saturated rings. The Morgan fingerprint density at radius 3 is 2.60 bits per heavy atom. The van der Waals surface area contributed by atoms with Crippen molar-refractivity contribution in [3.8, 4) is 6.07 Å². The summed E-state index contributed by atoms with van der Waals surface area (Å²) in [7, 11) is 0. The third-order valence-electron chi connectivity index (χ3n) is 2.24. The van der Waals surface area contributed by atoms with Gasteiger partial charge in [0.05, 0.1) is 12.5 Å². The Kier molecular flexibility index (Phi) is 7.65. The molecule has 0 radical (unpaired) electrons. The molecule has 0 saturated carbocycles. The quantitative estimate of drug-likeness (QED) is 0.664. The largest absolute Gasteiger partial charge is 0.352 e. The van der Waals surface area contributed by atoms with Crippen molar-refractivity contribution in [1.29, 1.82) is 5.26 Å². The van der Waals surface area contributed by atoms with Gasteiger partial charge in [0.2, 0.25) is 5.91 Å². The van der Waals surface area contributed by atoms with E-state index in [0.29, 0.717) is 12.8 Å². The molecule has 4 heteroatoms. The predicted octanol–water partition coefficient (Wildman–Crippen LogP) is 1.18. The van der Waals surface area contributed by atoms with Crippen molar-refractivity contribution in [3.63, 3.8) is 0 Å². The summed E-state index contributed by atoms with van der Waals surface area (Å²) >= 11 is 0. The zero-order valence-corrected chi connectivity index (χ0v) is 9.84. The van der Waals surface area contributed by atoms with Gasteiger partial charge in [-0.25, -0.2) is 0 Å². The first-order valence-corrected chi connectivity index (χ1v) is 5.53. The molecule has 2 unspecified atom stereocenters. The summed E-state index contributed by atoms with van der Waals surface area (Å²) in [6.07, 6.45) is 1.66. The van der Waals surface area contributed by atoms with Crippen molar-refractivity contribution in [2.45, 2.75) is 52.1 Å². The molecular weight excluding hydrogens is 190 g/mol. The van der Waals surface area contributed by atoms with E-state index in [2.05, 4.69) is 16.7 Å². The lowest BCUT2D eigenvalue weighted by atomic mass is 10.1. The van der Waals surface area contributed by atoms with Crippen LogP contribution in [0.2, 0.25) is 0 Å². The van der Waals surface area contributed by atoms with E-state index in [4.69, 9.17) is 5.26 Å². The number of nitriles is 1. The highest BCUT2D eigenvalue weighted by molar-refractivity contribution is 5.76. The second-order valence-corrected chi connectivity index (χ2v) is 3.70. The fourth-order valence-electron chi connectivity index (χ4n) is 1.39. The van der Waals surface area contributed by atoms with Gasteiger partial charge >= 0.3 is 0 Å². The molecule has 0 saturated heterocycles. The summed E-state index contributed by atoms with van der Waals surface area (Å²) in [5.41, 5.74) is 0. The van der Waals surface area contributed by atoms with Crippen LogP contribution in [-0.4, -0.2) is 24.5 Å². The first kappa shape index (κ1) is 13.9. The lowest BCUT2D eigenvalue weighted by molar-refractivity contribution is -0.122. The fraction of sp³-hybridized carbons (Fsp3) is 0.818. The number of carbonyl (C=O) groups is 1. The summed E-state index contributed by atoms with van der Waals surface area (Å²) in [6.45, 7) is 6.83. The smallest absolute Gasteiger partial charge is 0.221 e. The van der Waals surface area contributed by atoms with Crippen molar-refractivity contribution in [2.24, 2.45) is 0 Å². The number of nitrogens with zero attached hydrogens (tertiary/aromatic N) is 1. The van der Waals surface area contributed by atoms with Crippen LogP contribution in [0.1, 0.15) is 40.0 Å². The number of hydrogen-bond acceptors (Lipinski definition) is 3. The first-order chi connectivity index (χ1) is 7.13. The van der Waals surface area contributed by atoms with Gasteiger partial charge in [-0.15, -0.1) is 0 Å². The summed E-state index contributed by atoms with van der Waals surface area (Å²) in [6, 6.07) is 2.26. The number of hydrogen-bond donors (Lipinski definition) is 2. The van der Waals surface area contributed by atoms with Gasteiger partial charge in [0.1, 0.15) is 0 Å². The van der Waals surface area contributed by atoms with E-state index in [1.54, 1.807) is 0 Å². The second kappa shape index (κ2) is 8.25. The van der Waals surface area contributed by atoms with Crippen LogP contribution in [0, 0.1) is 11.3 Å². The average molecular weight is 211 g/mol. The summed E-state index contributed by atoms with van der Waals surface area (Å²) in [5.74, 6) is 0.0190. The van der Waals surface area contributed by atoms with Gasteiger partial charge in [-0.2, -0.15) is 5.26 Å². The Hall–Kier alpha value is -1.08. The van der Waals surface area contributed by atoms with E-state index in [-0.39, 0.29) is 18.0 Å². The van der Waals surface area contributed by atoms with E-state index in [1.165, 1.54) is 0 Å². The zero-order valence-electron chi connectivity index (χ0n) is 9.84. The molecule has 0 rings (SSSR count). The van der Waals surface area contributed by atoms with Crippen LogP contribution in [0.25, 0.3) is 0 Å². The highest BCUT2D eigenvalue weighted by Crippen LogP contribution is 1.98. The molecule has 1 amide bonds. The minimum Gasteiger partial charge on any atom is -0.352 e. The SMILES string of the molecule is CCNC(C)CC(=O)NC(CC)CC#N. The maximum atomic E-state index is 11.5. The molecule has 0 heterocycles. The summed E-state index contributed by atoms with van der Waals surface area (Å²) in [4.78, 5) is 11.5. The molecule has 0 aliphatic carbocycles. The third kappa shape index (κ3) is 6.92. The molecule has 0 aliphatic rings. The molecule has 15 heavy (non-hydrogen) atoms. The Bertz CT molecular complexity index is 222. The monoisotopic (exact) mass is 211 g/mol. The predicted molar refractivity (Wildman–Crippen MR) is 60.2 cm³/mol. The lowest BCUT2D eigenvalue weighted by Gasteiger charge is -2.16. The van der Waals surface area contributed by atoms with Crippen molar-refractivity contribution in [1.82, 2.24) is 10.6 Å². The molecule has 4 nitrogen and oxygen atoms in total. The van der Waals surface area contributed by atoms with Crippen LogP contribution in [0.3, 0.4) is 0 Å². The average Bonchev–Trinajstić information content (AvgIpc) is 2.17. The van der Waals surface area contributed by atoms with Gasteiger partial charge in [0.15, 0.2) is 0 Å². The molecular formula is C11H21N3O. The molecule has 2 atom stereocenters. The van der Waals surface area contributed by atoms with Crippen molar-refractivity contribution in [3.05, 3.63) is 0 Å². The highest BCUT2D eigenvalue weighted by atomic mass is 16.1. The fourth-order valence-corrected chi connectivity index (χ4v) is 1.39. The minimum atomic E-state index is -0.00340. The van der Waals surface area contributed by atoms with Crippen LogP contribution < -0.4 is 10.6 Å². The third-order valence-corrected chi connectivity index (χ3v) is 2.24. The van der Waals surface area contributed by atoms with Gasteiger partial charge in [0.25, 0.3) is 0 Å². The van der Waals surface area contributed by atoms with Crippen LogP contribution in [0.15, 0.2) is 0 Å². The number of nitrogens with one attached hydrogen (secondary N) is 2. The zero-order chi connectivity index (χ0) is 11.7. The maximum Gasteiger partial charge on any atom is 0.221 e. The number of carbonyl (C=O) groups excluding carboxylic acids is 1. The van der Waals surface area contributed by atoms with Gasteiger partial charge in [-0.05, 0) is 19.9 Å². The first-order valence-electron chi connectivity index (χ1n) is 5.53. The molecule has 86 valence electrons. The Morgan fingerprint density at radius 2 is 2.13 bits per heavy atom. The Morgan fingerprint density at radius 1 is 1.47 bits per heavy atom. The molecule has 0 aliphatic heterocycles. The van der Waals surface area contributed by atoms with E-state index < -0.39 is 0 Å². The number of rotatable bonds is 7. The Balaban J connectivity index is 3.85. The number of amides is 1. The van der Waals surface area contributed by atoms with Crippen molar-refractivity contribution < 1.29 is 4.79 Å². The van der Waals surface area contributed by atoms with Gasteiger partial charge in [-0.1, -0.05) is 13.8 Å². The lowest BCUT2D eigenvalue weighted by Crippen LogP contribution is -2.38. The highest BCUT2D eigenvalue weighted by Gasteiger charge is 2.12. The Labute approximate surface area is 92.0 Å². The molecule has 0 aromatic rings. The van der Waals surface area contributed by atoms with Crippen LogP contribution in [0.4, 0.5) is 0 Å². The molecule has 0 spiro atoms. The van der Waals surface area contributed by atoms with Crippen molar-refractivity contribution >= 4 is 5.91 Å². The normalized spacial score (nSPS) is 14.0. The molecule has 2 N–H and O–H groups in total. The van der Waals surface area contributed by atoms with Gasteiger partial charge in [0, 0.05) is 18.5 Å². The van der Waals surface area contributed by atoms with Gasteiger partial charge in [-0.3, -0.25) is 4.79 Å². The van der Waals surface area contributed by atoms with Crippen LogP contribution in [0.5, 0.6) is 0 Å². The van der Waals surface area contributed by atoms with Crippen molar-refractivity contribution in [2.75, 3.05) is 6.54 Å².